The summed E-state index contributed by atoms with van der Waals surface area (Å²) in [4.78, 5) is 24.9. The van der Waals surface area contributed by atoms with Gasteiger partial charge in [-0.25, -0.2) is 4.79 Å². The second kappa shape index (κ2) is 39.5. The van der Waals surface area contributed by atoms with E-state index in [0.717, 1.165) is 19.3 Å². The average Bonchev–Trinajstić information content (AvgIpc) is 3.15. The monoisotopic (exact) mass is 804 g/mol. The molecule has 0 aliphatic rings. The van der Waals surface area contributed by atoms with E-state index >= 15 is 0 Å². The maximum atomic E-state index is 12.5. The molecule has 0 N–H and O–H groups in total. The quantitative estimate of drug-likeness (QED) is 0.0116. The van der Waals surface area contributed by atoms with E-state index < -0.39 is 26.5 Å². The number of hydrogen-bond acceptors (Lipinski definition) is 7. The molecule has 0 saturated heterocycles. The zero-order valence-corrected chi connectivity index (χ0v) is 37.2. The van der Waals surface area contributed by atoms with Crippen LogP contribution < -0.4 is 4.89 Å². The molecule has 0 aromatic carbocycles. The van der Waals surface area contributed by atoms with E-state index in [1.165, 1.54) is 122 Å². The number of allylic oxidation sites excluding steroid dienone is 12. The van der Waals surface area contributed by atoms with Crippen LogP contribution in [0.3, 0.4) is 0 Å². The number of rotatable bonds is 39. The third-order valence-electron chi connectivity index (χ3n) is 8.96. The summed E-state index contributed by atoms with van der Waals surface area (Å²) in [6, 6.07) is 0. The minimum absolute atomic E-state index is 0.0119. The highest BCUT2D eigenvalue weighted by atomic mass is 31.2. The van der Waals surface area contributed by atoms with Gasteiger partial charge in [0.15, 0.2) is 0 Å². The van der Waals surface area contributed by atoms with Gasteiger partial charge in [0, 0.05) is 6.08 Å². The summed E-state index contributed by atoms with van der Waals surface area (Å²) in [7, 11) is 1.23. The van der Waals surface area contributed by atoms with Crippen molar-refractivity contribution in [3.8, 4) is 0 Å². The van der Waals surface area contributed by atoms with E-state index in [-0.39, 0.29) is 13.2 Å². The molecule has 8 nitrogen and oxygen atoms in total. The molecule has 0 rings (SSSR count). The molecule has 0 radical (unpaired) electrons. The number of carbonyl (C=O) groups excluding carboxylic acids is 1. The Kier molecular flexibility index (Phi) is 37.9. The maximum absolute atomic E-state index is 12.5. The molecule has 0 aromatic heterocycles. The summed E-state index contributed by atoms with van der Waals surface area (Å²) in [5.41, 5.74) is 0. The zero-order chi connectivity index (χ0) is 41.3. The molecule has 2 unspecified atom stereocenters. The van der Waals surface area contributed by atoms with Crippen LogP contribution in [0.15, 0.2) is 85.1 Å². The van der Waals surface area contributed by atoms with Crippen molar-refractivity contribution in [2.75, 3.05) is 54.1 Å². The molecule has 0 aliphatic carbocycles. The van der Waals surface area contributed by atoms with Crippen molar-refractivity contribution < 1.29 is 37.3 Å². The molecule has 0 fully saturated rings. The Morgan fingerprint density at radius 2 is 1.02 bits per heavy atom. The van der Waals surface area contributed by atoms with Crippen molar-refractivity contribution in [1.82, 2.24) is 0 Å². The second-order valence-corrected chi connectivity index (χ2v) is 17.0. The molecule has 0 amide bonds. The van der Waals surface area contributed by atoms with Crippen LogP contribution in [-0.4, -0.2) is 70.7 Å². The van der Waals surface area contributed by atoms with Gasteiger partial charge in [-0.15, -0.1) is 0 Å². The Bertz CT molecular complexity index is 1170. The van der Waals surface area contributed by atoms with Crippen molar-refractivity contribution in [1.29, 1.82) is 0 Å². The molecular weight excluding hydrogens is 721 g/mol. The predicted octanol–water partition coefficient (Wildman–Crippen LogP) is 12.2. The van der Waals surface area contributed by atoms with Crippen LogP contribution in [-0.2, 0) is 27.9 Å². The number of esters is 1. The second-order valence-electron chi connectivity index (χ2n) is 15.6. The zero-order valence-electron chi connectivity index (χ0n) is 36.3. The Balaban J connectivity index is 4.56. The lowest BCUT2D eigenvalue weighted by atomic mass is 10.0. The number of nitrogens with zero attached hydrogens (tertiary/aromatic N) is 1. The van der Waals surface area contributed by atoms with Crippen molar-refractivity contribution in [2.45, 2.75) is 155 Å². The molecule has 0 saturated carbocycles. The summed E-state index contributed by atoms with van der Waals surface area (Å²) >= 11 is 0. The minimum atomic E-state index is -4.58. The smallest absolute Gasteiger partial charge is 0.331 e. The first-order chi connectivity index (χ1) is 27.1. The maximum Gasteiger partial charge on any atom is 0.331 e. The molecule has 0 aromatic rings. The van der Waals surface area contributed by atoms with Crippen LogP contribution >= 0.6 is 7.82 Å². The van der Waals surface area contributed by atoms with Gasteiger partial charge in [0.05, 0.1) is 41.0 Å². The van der Waals surface area contributed by atoms with E-state index in [1.54, 1.807) is 18.2 Å². The third-order valence-corrected chi connectivity index (χ3v) is 9.93. The molecular formula is C47H82NO7P. The molecule has 322 valence electrons. The van der Waals surface area contributed by atoms with Crippen LogP contribution in [0.1, 0.15) is 149 Å². The van der Waals surface area contributed by atoms with Crippen LogP contribution in [0.25, 0.3) is 0 Å². The molecule has 9 heteroatoms. The number of hydrogen-bond donors (Lipinski definition) is 0. The molecule has 2 atom stereocenters. The lowest BCUT2D eigenvalue weighted by Crippen LogP contribution is -2.37. The van der Waals surface area contributed by atoms with E-state index in [2.05, 4.69) is 32.1 Å². The highest BCUT2D eigenvalue weighted by Crippen LogP contribution is 2.38. The van der Waals surface area contributed by atoms with Gasteiger partial charge in [0.1, 0.15) is 19.3 Å². The van der Waals surface area contributed by atoms with Crippen molar-refractivity contribution in [3.63, 3.8) is 0 Å². The van der Waals surface area contributed by atoms with E-state index in [0.29, 0.717) is 17.6 Å². The van der Waals surface area contributed by atoms with Gasteiger partial charge in [0.2, 0.25) is 0 Å². The van der Waals surface area contributed by atoms with Gasteiger partial charge in [-0.3, -0.25) is 4.57 Å². The lowest BCUT2D eigenvalue weighted by molar-refractivity contribution is -0.870. The number of likely N-dealkylation sites (N-methyl/N-ethyl adjacent to an activating group) is 1. The Morgan fingerprint density at radius 3 is 1.52 bits per heavy atom. The molecule has 0 heterocycles. The van der Waals surface area contributed by atoms with Crippen LogP contribution in [0.5, 0.6) is 0 Å². The summed E-state index contributed by atoms with van der Waals surface area (Å²) < 4.78 is 34.1. The molecule has 0 bridgehead atoms. The van der Waals surface area contributed by atoms with E-state index in [1.807, 2.05) is 63.7 Å². The number of phosphoric acid groups is 1. The highest BCUT2D eigenvalue weighted by Gasteiger charge is 2.19. The van der Waals surface area contributed by atoms with Crippen molar-refractivity contribution >= 4 is 13.8 Å². The summed E-state index contributed by atoms with van der Waals surface area (Å²) in [6.45, 7) is 4.89. The van der Waals surface area contributed by atoms with Crippen LogP contribution in [0.4, 0.5) is 0 Å². The van der Waals surface area contributed by atoms with Crippen molar-refractivity contribution in [2.24, 2.45) is 0 Å². The minimum Gasteiger partial charge on any atom is -0.756 e. The fourth-order valence-corrected chi connectivity index (χ4v) is 6.28. The van der Waals surface area contributed by atoms with Crippen LogP contribution in [0.2, 0.25) is 0 Å². The highest BCUT2D eigenvalue weighted by molar-refractivity contribution is 7.45. The summed E-state index contributed by atoms with van der Waals surface area (Å²) in [6.07, 6.45) is 52.8. The normalized spacial score (nSPS) is 14.6. The Labute approximate surface area is 344 Å². The van der Waals surface area contributed by atoms with Gasteiger partial charge in [0.25, 0.3) is 7.82 Å². The Morgan fingerprint density at radius 1 is 0.571 bits per heavy atom. The van der Waals surface area contributed by atoms with Gasteiger partial charge in [-0.1, -0.05) is 202 Å². The average molecular weight is 804 g/mol. The first-order valence-electron chi connectivity index (χ1n) is 21.9. The predicted molar refractivity (Wildman–Crippen MR) is 235 cm³/mol. The summed E-state index contributed by atoms with van der Waals surface area (Å²) in [5.74, 6) is -0.630. The Hall–Kier alpha value is -2.32. The number of ether oxygens (including phenoxy) is 2. The lowest BCUT2D eigenvalue weighted by Gasteiger charge is -2.28. The van der Waals surface area contributed by atoms with Gasteiger partial charge in [-0.05, 0) is 25.7 Å². The number of quaternary nitrogens is 1. The van der Waals surface area contributed by atoms with Crippen LogP contribution in [0, 0.1) is 0 Å². The SMILES string of the molecule is CCCCCCCCC/C=C/C=C/C=C/C=C/C=C/C=C/C(=O)OC(COC/C=C/CCCCCCCCCCCCCC)COP(=O)([O-])OCC[N+](C)(C)C. The molecule has 0 aliphatic heterocycles. The molecule has 56 heavy (non-hydrogen) atoms. The third kappa shape index (κ3) is 42.8. The van der Waals surface area contributed by atoms with Gasteiger partial charge < -0.3 is 27.9 Å². The fraction of sp³-hybridized carbons (Fsp3) is 0.681. The van der Waals surface area contributed by atoms with E-state index in [4.69, 9.17) is 18.5 Å². The fourth-order valence-electron chi connectivity index (χ4n) is 5.56. The topological polar surface area (TPSA) is 94.1 Å². The standard InChI is InChI=1S/C47H82NO7P/c1-6-8-10-12-14-16-18-20-22-23-24-25-26-28-30-32-34-36-38-40-47(49)55-46(45-54-56(50,51)53-43-41-48(3,4)5)44-52-42-39-37-35-33-31-29-27-21-19-17-15-13-11-9-7-2/h22-26,28,30,32,34,36-40,46H,6-21,27,29,31,33,35,41-45H2,1-5H3/b23-22+,25-24+,28-26+,32-30+,36-34+,39-37+,40-38+. The molecule has 0 spiro atoms. The van der Waals surface area contributed by atoms with Gasteiger partial charge >= 0.3 is 5.97 Å². The van der Waals surface area contributed by atoms with E-state index in [9.17, 15) is 14.3 Å². The summed E-state index contributed by atoms with van der Waals surface area (Å²) in [5, 5.41) is 0. The largest absolute Gasteiger partial charge is 0.756 e. The first kappa shape index (κ1) is 53.7. The number of unbranched alkanes of at least 4 members (excludes halogenated alkanes) is 19. The first-order valence-corrected chi connectivity index (χ1v) is 23.4. The van der Waals surface area contributed by atoms with Crippen molar-refractivity contribution in [3.05, 3.63) is 85.1 Å². The van der Waals surface area contributed by atoms with Gasteiger partial charge in [-0.2, -0.15) is 0 Å². The number of carbonyl (C=O) groups is 1. The number of phosphoric ester groups is 1.